The van der Waals surface area contributed by atoms with Gasteiger partial charge in [-0.05, 0) is 31.2 Å². The molecule has 0 aliphatic heterocycles. The van der Waals surface area contributed by atoms with Crippen molar-refractivity contribution in [3.8, 4) is 0 Å². The second-order valence-electron chi connectivity index (χ2n) is 4.86. The van der Waals surface area contributed by atoms with E-state index in [1.807, 2.05) is 25.1 Å². The smallest absolute Gasteiger partial charge is 0.306 e. The average molecular weight is 220 g/mol. The molecular formula is C14H20O2. The molecule has 0 aliphatic rings. The molecule has 0 aliphatic carbocycles. The van der Waals surface area contributed by atoms with Crippen molar-refractivity contribution in [2.24, 2.45) is 11.8 Å². The summed E-state index contributed by atoms with van der Waals surface area (Å²) in [6, 6.07) is 8.08. The molecule has 2 nitrogen and oxygen atoms in total. The van der Waals surface area contributed by atoms with Gasteiger partial charge in [-0.2, -0.15) is 0 Å². The molecule has 0 aromatic heterocycles. The van der Waals surface area contributed by atoms with Crippen LogP contribution in [0.25, 0.3) is 0 Å². The van der Waals surface area contributed by atoms with Gasteiger partial charge >= 0.3 is 5.97 Å². The third kappa shape index (κ3) is 4.05. The first kappa shape index (κ1) is 12.8. The van der Waals surface area contributed by atoms with Gasteiger partial charge in [0.25, 0.3) is 0 Å². The summed E-state index contributed by atoms with van der Waals surface area (Å²) in [6.45, 7) is 6.15. The number of aryl methyl sites for hydroxylation is 1. The van der Waals surface area contributed by atoms with Gasteiger partial charge in [-0.25, -0.2) is 0 Å². The maximum absolute atomic E-state index is 11.1. The fraction of sp³-hybridized carbons (Fsp3) is 0.500. The quantitative estimate of drug-likeness (QED) is 0.826. The van der Waals surface area contributed by atoms with E-state index in [2.05, 4.69) is 19.9 Å². The monoisotopic (exact) mass is 220 g/mol. The van der Waals surface area contributed by atoms with Gasteiger partial charge < -0.3 is 5.11 Å². The Kier molecular flexibility index (Phi) is 4.53. The SMILES string of the molecule is Cc1cccc(CC(CC(C)C)C(=O)O)c1. The molecule has 0 amide bonds. The Labute approximate surface area is 97.3 Å². The zero-order valence-corrected chi connectivity index (χ0v) is 10.2. The van der Waals surface area contributed by atoms with E-state index in [4.69, 9.17) is 5.11 Å². The van der Waals surface area contributed by atoms with Crippen molar-refractivity contribution in [2.75, 3.05) is 0 Å². The van der Waals surface area contributed by atoms with Crippen LogP contribution in [0, 0.1) is 18.8 Å². The molecule has 0 radical (unpaired) electrons. The third-order valence-electron chi connectivity index (χ3n) is 2.67. The van der Waals surface area contributed by atoms with Crippen molar-refractivity contribution in [1.29, 1.82) is 0 Å². The molecule has 0 fully saturated rings. The van der Waals surface area contributed by atoms with E-state index in [-0.39, 0.29) is 5.92 Å². The largest absolute Gasteiger partial charge is 0.481 e. The highest BCUT2D eigenvalue weighted by atomic mass is 16.4. The van der Waals surface area contributed by atoms with E-state index < -0.39 is 5.97 Å². The molecule has 0 spiro atoms. The van der Waals surface area contributed by atoms with Crippen molar-refractivity contribution < 1.29 is 9.90 Å². The van der Waals surface area contributed by atoms with E-state index >= 15 is 0 Å². The second-order valence-corrected chi connectivity index (χ2v) is 4.86. The summed E-state index contributed by atoms with van der Waals surface area (Å²) in [4.78, 5) is 11.1. The van der Waals surface area contributed by atoms with Crippen LogP contribution in [0.5, 0.6) is 0 Å². The standard InChI is InChI=1S/C14H20O2/c1-10(2)7-13(14(15)16)9-12-6-4-5-11(3)8-12/h4-6,8,10,13H,7,9H2,1-3H3,(H,15,16). The van der Waals surface area contributed by atoms with Crippen LogP contribution >= 0.6 is 0 Å². The lowest BCUT2D eigenvalue weighted by atomic mass is 9.91. The van der Waals surface area contributed by atoms with E-state index in [1.165, 1.54) is 5.56 Å². The number of benzene rings is 1. The van der Waals surface area contributed by atoms with Gasteiger partial charge in [0, 0.05) is 0 Å². The highest BCUT2D eigenvalue weighted by molar-refractivity contribution is 5.70. The molecule has 1 N–H and O–H groups in total. The Morgan fingerprint density at radius 3 is 2.56 bits per heavy atom. The zero-order valence-electron chi connectivity index (χ0n) is 10.2. The van der Waals surface area contributed by atoms with Crippen molar-refractivity contribution in [2.45, 2.75) is 33.6 Å². The van der Waals surface area contributed by atoms with E-state index in [0.29, 0.717) is 12.3 Å². The summed E-state index contributed by atoms with van der Waals surface area (Å²) in [5, 5.41) is 9.15. The fourth-order valence-corrected chi connectivity index (χ4v) is 1.96. The molecule has 1 atom stereocenters. The van der Waals surface area contributed by atoms with Crippen LogP contribution in [0.2, 0.25) is 0 Å². The van der Waals surface area contributed by atoms with Crippen molar-refractivity contribution in [3.05, 3.63) is 35.4 Å². The summed E-state index contributed by atoms with van der Waals surface area (Å²) in [5.74, 6) is -0.525. The minimum atomic E-state index is -0.685. The Bertz CT molecular complexity index is 356. The predicted molar refractivity (Wildman–Crippen MR) is 65.5 cm³/mol. The zero-order chi connectivity index (χ0) is 12.1. The third-order valence-corrected chi connectivity index (χ3v) is 2.67. The van der Waals surface area contributed by atoms with Gasteiger partial charge in [-0.1, -0.05) is 43.7 Å². The summed E-state index contributed by atoms with van der Waals surface area (Å²) in [5.41, 5.74) is 2.30. The molecule has 0 saturated carbocycles. The van der Waals surface area contributed by atoms with Gasteiger partial charge in [-0.15, -0.1) is 0 Å². The van der Waals surface area contributed by atoms with E-state index in [9.17, 15) is 4.79 Å². The van der Waals surface area contributed by atoms with Gasteiger partial charge in [0.15, 0.2) is 0 Å². The molecule has 1 aromatic carbocycles. The number of hydrogen-bond donors (Lipinski definition) is 1. The van der Waals surface area contributed by atoms with Crippen LogP contribution in [0.4, 0.5) is 0 Å². The van der Waals surface area contributed by atoms with E-state index in [1.54, 1.807) is 0 Å². The van der Waals surface area contributed by atoms with E-state index in [0.717, 1.165) is 12.0 Å². The van der Waals surface area contributed by atoms with Crippen LogP contribution in [-0.2, 0) is 11.2 Å². The summed E-state index contributed by atoms with van der Waals surface area (Å²) in [7, 11) is 0. The van der Waals surface area contributed by atoms with Gasteiger partial charge in [0.2, 0.25) is 0 Å². The second kappa shape index (κ2) is 5.69. The Morgan fingerprint density at radius 1 is 1.38 bits per heavy atom. The first-order valence-corrected chi connectivity index (χ1v) is 5.77. The lowest BCUT2D eigenvalue weighted by molar-refractivity contribution is -0.142. The molecular weight excluding hydrogens is 200 g/mol. The molecule has 1 rings (SSSR count). The lowest BCUT2D eigenvalue weighted by Crippen LogP contribution is -2.18. The number of carboxylic acids is 1. The highest BCUT2D eigenvalue weighted by Gasteiger charge is 2.19. The number of carboxylic acid groups (broad SMARTS) is 1. The number of aliphatic carboxylic acids is 1. The first-order valence-electron chi connectivity index (χ1n) is 5.77. The van der Waals surface area contributed by atoms with Crippen LogP contribution < -0.4 is 0 Å². The summed E-state index contributed by atoms with van der Waals surface area (Å²) < 4.78 is 0. The molecule has 2 heteroatoms. The number of carbonyl (C=O) groups is 1. The molecule has 1 unspecified atom stereocenters. The molecule has 0 saturated heterocycles. The summed E-state index contributed by atoms with van der Waals surface area (Å²) >= 11 is 0. The Hall–Kier alpha value is -1.31. The lowest BCUT2D eigenvalue weighted by Gasteiger charge is -2.14. The summed E-state index contributed by atoms with van der Waals surface area (Å²) in [6.07, 6.45) is 1.37. The van der Waals surface area contributed by atoms with Crippen molar-refractivity contribution >= 4 is 5.97 Å². The molecule has 0 heterocycles. The van der Waals surface area contributed by atoms with Gasteiger partial charge in [0.05, 0.1) is 5.92 Å². The number of rotatable bonds is 5. The minimum absolute atomic E-state index is 0.262. The average Bonchev–Trinajstić information content (AvgIpc) is 2.15. The molecule has 88 valence electrons. The Balaban J connectivity index is 2.71. The molecule has 16 heavy (non-hydrogen) atoms. The molecule has 0 bridgehead atoms. The highest BCUT2D eigenvalue weighted by Crippen LogP contribution is 2.18. The number of hydrogen-bond acceptors (Lipinski definition) is 1. The predicted octanol–water partition coefficient (Wildman–Crippen LogP) is 3.28. The van der Waals surface area contributed by atoms with Crippen LogP contribution in [0.1, 0.15) is 31.4 Å². The Morgan fingerprint density at radius 2 is 2.06 bits per heavy atom. The normalized spacial score (nSPS) is 12.8. The maximum atomic E-state index is 11.1. The van der Waals surface area contributed by atoms with Crippen LogP contribution in [-0.4, -0.2) is 11.1 Å². The van der Waals surface area contributed by atoms with Gasteiger partial charge in [-0.3, -0.25) is 4.79 Å². The molecule has 1 aromatic rings. The van der Waals surface area contributed by atoms with Crippen LogP contribution in [0.3, 0.4) is 0 Å². The van der Waals surface area contributed by atoms with Crippen molar-refractivity contribution in [3.63, 3.8) is 0 Å². The minimum Gasteiger partial charge on any atom is -0.481 e. The van der Waals surface area contributed by atoms with Crippen LogP contribution in [0.15, 0.2) is 24.3 Å². The first-order chi connectivity index (χ1) is 7.49. The fourth-order valence-electron chi connectivity index (χ4n) is 1.96. The maximum Gasteiger partial charge on any atom is 0.306 e. The topological polar surface area (TPSA) is 37.3 Å². The van der Waals surface area contributed by atoms with Gasteiger partial charge in [0.1, 0.15) is 0 Å². The van der Waals surface area contributed by atoms with Crippen molar-refractivity contribution in [1.82, 2.24) is 0 Å².